The Bertz CT molecular complexity index is 699. The molecule has 1 aliphatic heterocycles. The van der Waals surface area contributed by atoms with Gasteiger partial charge in [0.05, 0.1) is 11.4 Å². The lowest BCUT2D eigenvalue weighted by molar-refractivity contribution is 0.406. The molecule has 0 bridgehead atoms. The van der Waals surface area contributed by atoms with Gasteiger partial charge >= 0.3 is 10.1 Å². The van der Waals surface area contributed by atoms with Gasteiger partial charge in [-0.2, -0.15) is 8.42 Å². The van der Waals surface area contributed by atoms with E-state index in [0.717, 1.165) is 4.31 Å². The van der Waals surface area contributed by atoms with Crippen LogP contribution in [0.25, 0.3) is 0 Å². The smallest absolute Gasteiger partial charge is 0.310 e. The summed E-state index contributed by atoms with van der Waals surface area (Å²) in [7, 11) is -5.81. The molecule has 0 radical (unpaired) electrons. The average molecular weight is 320 g/mol. The van der Waals surface area contributed by atoms with Gasteiger partial charge in [-0.25, -0.2) is 12.7 Å². The van der Waals surface area contributed by atoms with E-state index < -0.39 is 26.2 Å². The Morgan fingerprint density at radius 2 is 2.20 bits per heavy atom. The summed E-state index contributed by atoms with van der Waals surface area (Å²) in [6, 6.07) is 2.50. The van der Waals surface area contributed by atoms with Crippen molar-refractivity contribution in [1.82, 2.24) is 9.29 Å². The second-order valence-electron chi connectivity index (χ2n) is 4.67. The standard InChI is InChI=1S/C11H16N2O5S2/c1-9-11(4-3-6-12-9)18-20(16,17)8-10-5-7-19(14,15)13(10)2/h3-4,6,10H,5,7-8H2,1-2H3. The summed E-state index contributed by atoms with van der Waals surface area (Å²) in [5, 5.41) is 0. The maximum absolute atomic E-state index is 12.0. The molecular weight excluding hydrogens is 304 g/mol. The third-order valence-corrected chi connectivity index (χ3v) is 6.39. The number of hydrogen-bond donors (Lipinski definition) is 0. The van der Waals surface area contributed by atoms with E-state index in [4.69, 9.17) is 4.18 Å². The first-order chi connectivity index (χ1) is 9.21. The van der Waals surface area contributed by atoms with Gasteiger partial charge in [0.1, 0.15) is 5.75 Å². The summed E-state index contributed by atoms with van der Waals surface area (Å²) < 4.78 is 53.2. The van der Waals surface area contributed by atoms with E-state index in [0.29, 0.717) is 5.69 Å². The highest BCUT2D eigenvalue weighted by atomic mass is 32.2. The SMILES string of the molecule is Cc1ncccc1OS(=O)(=O)CC1CCS(=O)(=O)N1C. The zero-order valence-corrected chi connectivity index (χ0v) is 12.8. The fourth-order valence-electron chi connectivity index (χ4n) is 1.99. The van der Waals surface area contributed by atoms with Gasteiger partial charge in [0.25, 0.3) is 0 Å². The lowest BCUT2D eigenvalue weighted by Gasteiger charge is -2.18. The summed E-state index contributed by atoms with van der Waals surface area (Å²) in [4.78, 5) is 3.94. The van der Waals surface area contributed by atoms with E-state index in [9.17, 15) is 16.8 Å². The minimum Gasteiger partial charge on any atom is -0.380 e. The Hall–Kier alpha value is -1.19. The molecule has 1 saturated heterocycles. The van der Waals surface area contributed by atoms with Crippen molar-refractivity contribution < 1.29 is 21.0 Å². The molecule has 20 heavy (non-hydrogen) atoms. The van der Waals surface area contributed by atoms with Crippen molar-refractivity contribution in [2.75, 3.05) is 18.6 Å². The number of aromatic nitrogens is 1. The zero-order chi connectivity index (χ0) is 15.0. The summed E-state index contributed by atoms with van der Waals surface area (Å²) in [6.07, 6.45) is 1.82. The largest absolute Gasteiger partial charge is 0.380 e. The van der Waals surface area contributed by atoms with Crippen LogP contribution in [0.4, 0.5) is 0 Å². The summed E-state index contributed by atoms with van der Waals surface area (Å²) in [5.74, 6) is -0.233. The van der Waals surface area contributed by atoms with E-state index in [1.807, 2.05) is 0 Å². The first-order valence-electron chi connectivity index (χ1n) is 6.01. The maximum atomic E-state index is 12.0. The summed E-state index contributed by atoms with van der Waals surface area (Å²) in [5.41, 5.74) is 0.462. The quantitative estimate of drug-likeness (QED) is 0.732. The number of sulfonamides is 1. The molecule has 7 nitrogen and oxygen atoms in total. The number of hydrogen-bond acceptors (Lipinski definition) is 6. The zero-order valence-electron chi connectivity index (χ0n) is 11.2. The second-order valence-corrected chi connectivity index (χ2v) is 8.43. The summed E-state index contributed by atoms with van der Waals surface area (Å²) >= 11 is 0. The first-order valence-corrected chi connectivity index (χ1v) is 9.19. The van der Waals surface area contributed by atoms with Crippen molar-refractivity contribution in [3.63, 3.8) is 0 Å². The number of rotatable bonds is 4. The molecule has 1 unspecified atom stereocenters. The third kappa shape index (κ3) is 3.28. The van der Waals surface area contributed by atoms with Gasteiger partial charge in [-0.15, -0.1) is 0 Å². The molecule has 1 fully saturated rings. The van der Waals surface area contributed by atoms with Crippen molar-refractivity contribution >= 4 is 20.1 Å². The third-order valence-electron chi connectivity index (χ3n) is 3.23. The van der Waals surface area contributed by atoms with E-state index in [1.165, 1.54) is 19.3 Å². The minimum atomic E-state index is -3.87. The van der Waals surface area contributed by atoms with Crippen molar-refractivity contribution in [3.8, 4) is 5.75 Å². The Morgan fingerprint density at radius 3 is 2.75 bits per heavy atom. The molecule has 1 atom stereocenters. The normalized spacial score (nSPS) is 22.8. The highest BCUT2D eigenvalue weighted by molar-refractivity contribution is 7.89. The molecule has 1 aromatic rings. The average Bonchev–Trinajstić information content (AvgIpc) is 2.59. The Balaban J connectivity index is 2.12. The van der Waals surface area contributed by atoms with Gasteiger partial charge in [0.2, 0.25) is 10.0 Å². The van der Waals surface area contributed by atoms with Gasteiger partial charge in [-0.1, -0.05) is 0 Å². The lowest BCUT2D eigenvalue weighted by atomic mass is 10.3. The van der Waals surface area contributed by atoms with Crippen LogP contribution >= 0.6 is 0 Å². The van der Waals surface area contributed by atoms with Gasteiger partial charge in [0, 0.05) is 19.3 Å². The highest BCUT2D eigenvalue weighted by Gasteiger charge is 2.37. The van der Waals surface area contributed by atoms with Crippen LogP contribution in [0.3, 0.4) is 0 Å². The number of aryl methyl sites for hydroxylation is 1. The first kappa shape index (κ1) is 15.2. The fraction of sp³-hybridized carbons (Fsp3) is 0.545. The van der Waals surface area contributed by atoms with Gasteiger partial charge in [-0.3, -0.25) is 4.98 Å². The lowest BCUT2D eigenvalue weighted by Crippen LogP contribution is -2.35. The van der Waals surface area contributed by atoms with Crippen LogP contribution < -0.4 is 4.18 Å². The van der Waals surface area contributed by atoms with Crippen LogP contribution in [0.15, 0.2) is 18.3 Å². The molecule has 0 amide bonds. The molecular formula is C11H16N2O5S2. The van der Waals surface area contributed by atoms with Crippen molar-refractivity contribution in [1.29, 1.82) is 0 Å². The monoisotopic (exact) mass is 320 g/mol. The van der Waals surface area contributed by atoms with E-state index in [-0.39, 0.29) is 23.7 Å². The van der Waals surface area contributed by atoms with Crippen molar-refractivity contribution in [2.24, 2.45) is 0 Å². The molecule has 0 saturated carbocycles. The highest BCUT2D eigenvalue weighted by Crippen LogP contribution is 2.22. The van der Waals surface area contributed by atoms with Crippen LogP contribution in [-0.2, 0) is 20.1 Å². The predicted molar refractivity (Wildman–Crippen MR) is 73.3 cm³/mol. The van der Waals surface area contributed by atoms with Crippen LogP contribution in [0.5, 0.6) is 5.75 Å². The molecule has 112 valence electrons. The number of nitrogens with zero attached hydrogens (tertiary/aromatic N) is 2. The van der Waals surface area contributed by atoms with E-state index in [2.05, 4.69) is 4.98 Å². The molecule has 0 aromatic carbocycles. The fourth-order valence-corrected chi connectivity index (χ4v) is 4.96. The Kier molecular flexibility index (Phi) is 4.03. The molecule has 0 spiro atoms. The molecule has 0 aliphatic carbocycles. The molecule has 0 N–H and O–H groups in total. The molecule has 1 aliphatic rings. The van der Waals surface area contributed by atoms with Gasteiger partial charge in [0.15, 0.2) is 5.75 Å². The number of pyridine rings is 1. The van der Waals surface area contributed by atoms with Gasteiger partial charge < -0.3 is 4.18 Å². The van der Waals surface area contributed by atoms with Crippen LogP contribution in [-0.4, -0.2) is 50.7 Å². The van der Waals surface area contributed by atoms with E-state index >= 15 is 0 Å². The topological polar surface area (TPSA) is 93.6 Å². The summed E-state index contributed by atoms with van der Waals surface area (Å²) in [6.45, 7) is 1.64. The minimum absolute atomic E-state index is 0.0321. The molecule has 1 aromatic heterocycles. The maximum Gasteiger partial charge on any atom is 0.310 e. The van der Waals surface area contributed by atoms with Gasteiger partial charge in [-0.05, 0) is 25.5 Å². The molecule has 9 heteroatoms. The van der Waals surface area contributed by atoms with Crippen LogP contribution in [0.2, 0.25) is 0 Å². The van der Waals surface area contributed by atoms with Crippen LogP contribution in [0.1, 0.15) is 12.1 Å². The molecule has 2 rings (SSSR count). The van der Waals surface area contributed by atoms with Crippen molar-refractivity contribution in [2.45, 2.75) is 19.4 Å². The predicted octanol–water partition coefficient (Wildman–Crippen LogP) is 0.133. The Morgan fingerprint density at radius 1 is 1.50 bits per heavy atom. The Labute approximate surface area is 118 Å². The van der Waals surface area contributed by atoms with E-state index in [1.54, 1.807) is 13.0 Å². The van der Waals surface area contributed by atoms with Crippen LogP contribution in [0, 0.1) is 6.92 Å². The van der Waals surface area contributed by atoms with Crippen molar-refractivity contribution in [3.05, 3.63) is 24.0 Å². The second kappa shape index (κ2) is 5.30. The molecule has 2 heterocycles.